The first-order valence-electron chi connectivity index (χ1n) is 12.8. The Kier molecular flexibility index (Phi) is 8.61. The lowest BCUT2D eigenvalue weighted by molar-refractivity contribution is 0.143. The molecule has 0 aliphatic carbocycles. The van der Waals surface area contributed by atoms with Crippen molar-refractivity contribution in [3.63, 3.8) is 0 Å². The third kappa shape index (κ3) is 6.89. The Morgan fingerprint density at radius 3 is 2.67 bits per heavy atom. The van der Waals surface area contributed by atoms with Gasteiger partial charge in [0.05, 0.1) is 18.5 Å². The van der Waals surface area contributed by atoms with Crippen molar-refractivity contribution in [3.05, 3.63) is 78.9 Å². The maximum absolute atomic E-state index is 5.96. The Labute approximate surface area is 226 Å². The fourth-order valence-corrected chi connectivity index (χ4v) is 3.99. The third-order valence-corrected chi connectivity index (χ3v) is 5.97. The molecule has 11 nitrogen and oxygen atoms in total. The van der Waals surface area contributed by atoms with Crippen LogP contribution in [0.4, 0.5) is 11.6 Å². The van der Waals surface area contributed by atoms with Crippen molar-refractivity contribution in [1.82, 2.24) is 34.7 Å². The first-order valence-corrected chi connectivity index (χ1v) is 12.8. The van der Waals surface area contributed by atoms with Crippen molar-refractivity contribution in [2.75, 3.05) is 39.2 Å². The molecule has 0 atom stereocenters. The van der Waals surface area contributed by atoms with Crippen LogP contribution in [0.2, 0.25) is 0 Å². The summed E-state index contributed by atoms with van der Waals surface area (Å²) in [5, 5.41) is 15.4. The molecule has 0 spiro atoms. The molecule has 4 aromatic heterocycles. The van der Waals surface area contributed by atoms with Crippen molar-refractivity contribution in [2.24, 2.45) is 0 Å². The molecule has 0 amide bonds. The van der Waals surface area contributed by atoms with Crippen LogP contribution in [-0.2, 0) is 17.9 Å². The zero-order valence-electron chi connectivity index (χ0n) is 22.1. The molecule has 0 fully saturated rings. The molecule has 5 rings (SSSR count). The second-order valence-corrected chi connectivity index (χ2v) is 8.86. The van der Waals surface area contributed by atoms with Gasteiger partial charge in [0.15, 0.2) is 5.65 Å². The van der Waals surface area contributed by atoms with Crippen LogP contribution in [-0.4, -0.2) is 63.3 Å². The molecule has 0 saturated heterocycles. The number of fused-ring (bicyclic) bond motifs is 1. The van der Waals surface area contributed by atoms with E-state index in [1.807, 2.05) is 72.7 Å². The zero-order valence-corrected chi connectivity index (χ0v) is 22.1. The van der Waals surface area contributed by atoms with Gasteiger partial charge in [0, 0.05) is 49.4 Å². The summed E-state index contributed by atoms with van der Waals surface area (Å²) in [5.41, 5.74) is 4.55. The van der Waals surface area contributed by atoms with Crippen LogP contribution >= 0.6 is 0 Å². The molecular weight excluding hydrogens is 496 g/mol. The van der Waals surface area contributed by atoms with Gasteiger partial charge >= 0.3 is 0 Å². The van der Waals surface area contributed by atoms with Crippen LogP contribution in [0.25, 0.3) is 16.8 Å². The molecule has 0 unspecified atom stereocenters. The molecule has 202 valence electrons. The lowest BCUT2D eigenvalue weighted by Gasteiger charge is -2.09. The van der Waals surface area contributed by atoms with E-state index in [0.717, 1.165) is 53.3 Å². The Balaban J connectivity index is 1.21. The molecule has 0 aliphatic rings. The number of aryl methyl sites for hydroxylation is 1. The minimum atomic E-state index is 0.408. The molecule has 0 bridgehead atoms. The summed E-state index contributed by atoms with van der Waals surface area (Å²) in [4.78, 5) is 9.04. The van der Waals surface area contributed by atoms with E-state index >= 15 is 0 Å². The summed E-state index contributed by atoms with van der Waals surface area (Å²) in [7, 11) is 3.59. The first kappa shape index (κ1) is 26.1. The highest BCUT2D eigenvalue weighted by Crippen LogP contribution is 2.27. The summed E-state index contributed by atoms with van der Waals surface area (Å²) >= 11 is 0. The minimum absolute atomic E-state index is 0.408. The van der Waals surface area contributed by atoms with E-state index < -0.39 is 0 Å². The van der Waals surface area contributed by atoms with Gasteiger partial charge in [-0.05, 0) is 55.9 Å². The van der Waals surface area contributed by atoms with Crippen molar-refractivity contribution in [2.45, 2.75) is 19.6 Å². The average molecular weight is 529 g/mol. The predicted octanol–water partition coefficient (Wildman–Crippen LogP) is 3.95. The van der Waals surface area contributed by atoms with Crippen molar-refractivity contribution < 1.29 is 14.2 Å². The summed E-state index contributed by atoms with van der Waals surface area (Å²) in [6.45, 7) is 3.19. The lowest BCUT2D eigenvalue weighted by Crippen LogP contribution is -2.11. The van der Waals surface area contributed by atoms with Crippen LogP contribution in [0.5, 0.6) is 11.6 Å². The number of rotatable bonds is 14. The van der Waals surface area contributed by atoms with Crippen LogP contribution in [0.15, 0.2) is 73.3 Å². The van der Waals surface area contributed by atoms with Crippen molar-refractivity contribution in [3.8, 4) is 22.8 Å². The Bertz CT molecular complexity index is 1460. The maximum Gasteiger partial charge on any atom is 0.247 e. The number of pyridine rings is 2. The average Bonchev–Trinajstić information content (AvgIpc) is 3.59. The molecule has 5 aromatic rings. The van der Waals surface area contributed by atoms with Gasteiger partial charge in [-0.2, -0.15) is 10.1 Å². The number of nitrogens with zero attached hydrogens (tertiary/aromatic N) is 6. The van der Waals surface area contributed by atoms with Crippen molar-refractivity contribution >= 4 is 17.3 Å². The predicted molar refractivity (Wildman–Crippen MR) is 148 cm³/mol. The van der Waals surface area contributed by atoms with Crippen molar-refractivity contribution in [1.29, 1.82) is 0 Å². The zero-order chi connectivity index (χ0) is 26.9. The summed E-state index contributed by atoms with van der Waals surface area (Å²) < 4.78 is 20.1. The number of aromatic nitrogens is 6. The fourth-order valence-electron chi connectivity index (χ4n) is 3.99. The second-order valence-electron chi connectivity index (χ2n) is 8.86. The number of nitrogens with one attached hydrogen (secondary N) is 2. The molecular formula is C28H32N8O3. The van der Waals surface area contributed by atoms with Gasteiger partial charge in [0.25, 0.3) is 0 Å². The van der Waals surface area contributed by atoms with E-state index in [1.54, 1.807) is 24.0 Å². The molecule has 2 N–H and O–H groups in total. The number of hydrogen-bond donors (Lipinski definition) is 2. The van der Waals surface area contributed by atoms with Crippen LogP contribution in [0.3, 0.4) is 0 Å². The van der Waals surface area contributed by atoms with Gasteiger partial charge in [-0.3, -0.25) is 4.68 Å². The van der Waals surface area contributed by atoms with E-state index in [-0.39, 0.29) is 0 Å². The third-order valence-electron chi connectivity index (χ3n) is 5.97. The Hall–Kier alpha value is -4.48. The molecule has 0 aliphatic heterocycles. The van der Waals surface area contributed by atoms with Crippen LogP contribution < -0.4 is 20.1 Å². The van der Waals surface area contributed by atoms with Gasteiger partial charge in [0.1, 0.15) is 19.0 Å². The fraction of sp³-hybridized carbons (Fsp3) is 0.286. The largest absolute Gasteiger partial charge is 0.489 e. The Morgan fingerprint density at radius 1 is 0.974 bits per heavy atom. The highest BCUT2D eigenvalue weighted by Gasteiger charge is 2.11. The Morgan fingerprint density at radius 2 is 1.87 bits per heavy atom. The van der Waals surface area contributed by atoms with E-state index in [0.29, 0.717) is 31.6 Å². The second kappa shape index (κ2) is 12.9. The van der Waals surface area contributed by atoms with Gasteiger partial charge in [-0.1, -0.05) is 12.1 Å². The lowest BCUT2D eigenvalue weighted by atomic mass is 10.1. The summed E-state index contributed by atoms with van der Waals surface area (Å²) in [6.07, 6.45) is 8.39. The minimum Gasteiger partial charge on any atom is -0.489 e. The van der Waals surface area contributed by atoms with Crippen LogP contribution in [0, 0.1) is 0 Å². The SMILES string of the molecule is CNCCCn1cc(Nc2nc3c(-c4ccc(OCc5ccc(OCCOC)nc5)cc4)cccn3n2)cn1. The van der Waals surface area contributed by atoms with Gasteiger partial charge in [-0.25, -0.2) is 9.50 Å². The van der Waals surface area contributed by atoms with E-state index in [4.69, 9.17) is 19.2 Å². The van der Waals surface area contributed by atoms with Crippen LogP contribution in [0.1, 0.15) is 12.0 Å². The summed E-state index contributed by atoms with van der Waals surface area (Å²) in [6, 6.07) is 15.7. The van der Waals surface area contributed by atoms with E-state index in [2.05, 4.69) is 25.8 Å². The van der Waals surface area contributed by atoms with Gasteiger partial charge in [0.2, 0.25) is 11.8 Å². The van der Waals surface area contributed by atoms with E-state index in [1.165, 1.54) is 0 Å². The number of benzene rings is 1. The normalized spacial score (nSPS) is 11.1. The topological polar surface area (TPSA) is 113 Å². The number of anilines is 2. The standard InChI is InChI=1S/C28H32N8O3/c1-29-12-4-13-35-19-23(18-31-35)32-28-33-27-25(5-3-14-36(27)34-28)22-7-9-24(10-8-22)39-20-21-6-11-26(30-17-21)38-16-15-37-2/h3,5-11,14,17-19,29H,4,12-13,15-16,20H2,1-2H3,(H,32,34). The molecule has 39 heavy (non-hydrogen) atoms. The summed E-state index contributed by atoms with van der Waals surface area (Å²) in [5.74, 6) is 1.85. The number of methoxy groups -OCH3 is 1. The molecule has 1 aromatic carbocycles. The smallest absolute Gasteiger partial charge is 0.247 e. The number of ether oxygens (including phenoxy) is 3. The van der Waals surface area contributed by atoms with Gasteiger partial charge < -0.3 is 24.8 Å². The highest BCUT2D eigenvalue weighted by atomic mass is 16.5. The maximum atomic E-state index is 5.96. The first-order chi connectivity index (χ1) is 19.2. The highest BCUT2D eigenvalue weighted by molar-refractivity contribution is 5.78. The monoisotopic (exact) mass is 528 g/mol. The quantitative estimate of drug-likeness (QED) is 0.207. The molecule has 0 saturated carbocycles. The van der Waals surface area contributed by atoms with Gasteiger partial charge in [-0.15, -0.1) is 5.10 Å². The van der Waals surface area contributed by atoms with E-state index in [9.17, 15) is 0 Å². The molecule has 11 heteroatoms. The molecule has 4 heterocycles. The number of hydrogen-bond acceptors (Lipinski definition) is 9. The molecule has 0 radical (unpaired) electrons.